The molecule has 0 aliphatic heterocycles. The molecule has 0 heterocycles. The number of hydrogen-bond acceptors (Lipinski definition) is 3. The van der Waals surface area contributed by atoms with Gasteiger partial charge in [0.15, 0.2) is 0 Å². The third-order valence-electron chi connectivity index (χ3n) is 3.16. The fourth-order valence-corrected chi connectivity index (χ4v) is 2.07. The van der Waals surface area contributed by atoms with Gasteiger partial charge in [0.05, 0.1) is 6.10 Å². The Kier molecular flexibility index (Phi) is 4.64. The second-order valence-corrected chi connectivity index (χ2v) is 5.07. The van der Waals surface area contributed by atoms with Crippen molar-refractivity contribution >= 4 is 0 Å². The van der Waals surface area contributed by atoms with Crippen LogP contribution < -0.4 is 4.74 Å². The van der Waals surface area contributed by atoms with Crippen molar-refractivity contribution in [2.75, 3.05) is 0 Å². The summed E-state index contributed by atoms with van der Waals surface area (Å²) < 4.78 is 5.78. The fraction of sp³-hybridized carbons (Fsp3) is 0.294. The highest BCUT2D eigenvalue weighted by molar-refractivity contribution is 5.46. The summed E-state index contributed by atoms with van der Waals surface area (Å²) in [5.74, 6) is 0.857. The Morgan fingerprint density at radius 1 is 1.10 bits per heavy atom. The quantitative estimate of drug-likeness (QED) is 0.878. The second-order valence-electron chi connectivity index (χ2n) is 5.07. The largest absolute Gasteiger partial charge is 0.508 e. The van der Waals surface area contributed by atoms with Crippen molar-refractivity contribution in [1.29, 1.82) is 0 Å². The molecule has 0 fully saturated rings. The van der Waals surface area contributed by atoms with Gasteiger partial charge in [-0.25, -0.2) is 0 Å². The zero-order valence-corrected chi connectivity index (χ0v) is 11.8. The average Bonchev–Trinajstić information content (AvgIpc) is 2.41. The first-order valence-electron chi connectivity index (χ1n) is 6.73. The highest BCUT2D eigenvalue weighted by atomic mass is 16.5. The van der Waals surface area contributed by atoms with E-state index in [9.17, 15) is 10.2 Å². The van der Waals surface area contributed by atoms with E-state index in [1.54, 1.807) is 13.0 Å². The SMILES string of the molecule is Cc1c(O)cc(CC(C)O)cc1OCc1ccccc1. The van der Waals surface area contributed by atoms with Crippen molar-refractivity contribution in [2.45, 2.75) is 33.0 Å². The van der Waals surface area contributed by atoms with Crippen LogP contribution in [0.4, 0.5) is 0 Å². The van der Waals surface area contributed by atoms with Crippen LogP contribution in [0.2, 0.25) is 0 Å². The van der Waals surface area contributed by atoms with Gasteiger partial charge in [-0.1, -0.05) is 30.3 Å². The van der Waals surface area contributed by atoms with Gasteiger partial charge in [0, 0.05) is 5.56 Å². The van der Waals surface area contributed by atoms with Crippen LogP contribution >= 0.6 is 0 Å². The molecular formula is C17H20O3. The van der Waals surface area contributed by atoms with E-state index in [1.807, 2.05) is 43.3 Å². The third-order valence-corrected chi connectivity index (χ3v) is 3.16. The monoisotopic (exact) mass is 272 g/mol. The van der Waals surface area contributed by atoms with Crippen molar-refractivity contribution in [3.8, 4) is 11.5 Å². The summed E-state index contributed by atoms with van der Waals surface area (Å²) in [6, 6.07) is 13.4. The first kappa shape index (κ1) is 14.4. The lowest BCUT2D eigenvalue weighted by molar-refractivity contribution is 0.195. The van der Waals surface area contributed by atoms with Crippen LogP contribution in [0.1, 0.15) is 23.6 Å². The van der Waals surface area contributed by atoms with E-state index >= 15 is 0 Å². The van der Waals surface area contributed by atoms with Crippen LogP contribution in [0.15, 0.2) is 42.5 Å². The highest BCUT2D eigenvalue weighted by Gasteiger charge is 2.09. The lowest BCUT2D eigenvalue weighted by atomic mass is 10.0. The average molecular weight is 272 g/mol. The number of benzene rings is 2. The number of rotatable bonds is 5. The maximum Gasteiger partial charge on any atom is 0.126 e. The maximum atomic E-state index is 9.93. The Morgan fingerprint density at radius 3 is 2.45 bits per heavy atom. The zero-order valence-electron chi connectivity index (χ0n) is 11.8. The lowest BCUT2D eigenvalue weighted by Gasteiger charge is -2.13. The van der Waals surface area contributed by atoms with E-state index in [0.717, 1.165) is 16.7 Å². The van der Waals surface area contributed by atoms with Crippen molar-refractivity contribution in [2.24, 2.45) is 0 Å². The summed E-state index contributed by atoms with van der Waals surface area (Å²) in [7, 11) is 0. The van der Waals surface area contributed by atoms with Crippen LogP contribution in [-0.4, -0.2) is 16.3 Å². The zero-order chi connectivity index (χ0) is 14.5. The summed E-state index contributed by atoms with van der Waals surface area (Å²) in [4.78, 5) is 0. The molecule has 1 unspecified atom stereocenters. The van der Waals surface area contributed by atoms with E-state index < -0.39 is 6.10 Å². The van der Waals surface area contributed by atoms with Crippen molar-refractivity contribution in [1.82, 2.24) is 0 Å². The molecule has 2 N–H and O–H groups in total. The van der Waals surface area contributed by atoms with Crippen molar-refractivity contribution in [3.05, 3.63) is 59.2 Å². The molecule has 0 radical (unpaired) electrons. The summed E-state index contributed by atoms with van der Waals surface area (Å²) in [5, 5.41) is 19.4. The van der Waals surface area contributed by atoms with Gasteiger partial charge in [-0.05, 0) is 43.5 Å². The van der Waals surface area contributed by atoms with E-state index in [0.29, 0.717) is 18.8 Å². The summed E-state index contributed by atoms with van der Waals surface area (Å²) in [5.41, 5.74) is 2.66. The molecule has 0 saturated heterocycles. The first-order valence-corrected chi connectivity index (χ1v) is 6.73. The van der Waals surface area contributed by atoms with Crippen LogP contribution in [0.25, 0.3) is 0 Å². The van der Waals surface area contributed by atoms with Gasteiger partial charge < -0.3 is 14.9 Å². The molecule has 0 aromatic heterocycles. The molecule has 2 aromatic rings. The maximum absolute atomic E-state index is 9.93. The highest BCUT2D eigenvalue weighted by Crippen LogP contribution is 2.30. The minimum absolute atomic E-state index is 0.200. The van der Waals surface area contributed by atoms with Gasteiger partial charge in [0.25, 0.3) is 0 Å². The molecule has 0 aliphatic rings. The number of ether oxygens (including phenoxy) is 1. The Balaban J connectivity index is 2.15. The number of phenolic OH excluding ortho intramolecular Hbond substituents is 1. The number of phenols is 1. The minimum Gasteiger partial charge on any atom is -0.508 e. The molecule has 0 bridgehead atoms. The summed E-state index contributed by atoms with van der Waals surface area (Å²) >= 11 is 0. The Labute approximate surface area is 119 Å². The molecule has 0 amide bonds. The Bertz CT molecular complexity index is 562. The Morgan fingerprint density at radius 2 is 1.80 bits per heavy atom. The van der Waals surface area contributed by atoms with Gasteiger partial charge in [0.1, 0.15) is 18.1 Å². The minimum atomic E-state index is -0.445. The second kappa shape index (κ2) is 6.44. The number of hydrogen-bond donors (Lipinski definition) is 2. The molecule has 3 heteroatoms. The van der Waals surface area contributed by atoms with Crippen molar-refractivity contribution < 1.29 is 14.9 Å². The van der Waals surface area contributed by atoms with E-state index in [4.69, 9.17) is 4.74 Å². The van der Waals surface area contributed by atoms with Gasteiger partial charge in [0.2, 0.25) is 0 Å². The van der Waals surface area contributed by atoms with Crippen LogP contribution in [0, 0.1) is 6.92 Å². The standard InChI is InChI=1S/C17H20O3/c1-12(18)8-15-9-16(19)13(2)17(10-15)20-11-14-6-4-3-5-7-14/h3-7,9-10,12,18-19H,8,11H2,1-2H3. The fourth-order valence-electron chi connectivity index (χ4n) is 2.07. The van der Waals surface area contributed by atoms with Gasteiger partial charge >= 0.3 is 0 Å². The topological polar surface area (TPSA) is 49.7 Å². The molecule has 0 aliphatic carbocycles. The molecule has 3 nitrogen and oxygen atoms in total. The number of aromatic hydroxyl groups is 1. The molecule has 106 valence electrons. The normalized spacial score (nSPS) is 12.2. The van der Waals surface area contributed by atoms with E-state index in [-0.39, 0.29) is 5.75 Å². The van der Waals surface area contributed by atoms with Crippen LogP contribution in [0.5, 0.6) is 11.5 Å². The van der Waals surface area contributed by atoms with E-state index in [2.05, 4.69) is 0 Å². The summed E-state index contributed by atoms with van der Waals surface area (Å²) in [6.45, 7) is 4.00. The number of aliphatic hydroxyl groups is 1. The Hall–Kier alpha value is -2.00. The first-order chi connectivity index (χ1) is 9.56. The molecule has 0 saturated carbocycles. The predicted molar refractivity (Wildman–Crippen MR) is 79.0 cm³/mol. The van der Waals surface area contributed by atoms with Crippen molar-refractivity contribution in [3.63, 3.8) is 0 Å². The molecule has 0 spiro atoms. The van der Waals surface area contributed by atoms with Crippen LogP contribution in [-0.2, 0) is 13.0 Å². The van der Waals surface area contributed by atoms with Gasteiger partial charge in [-0.15, -0.1) is 0 Å². The third kappa shape index (κ3) is 3.75. The molecule has 1 atom stereocenters. The summed E-state index contributed by atoms with van der Waals surface area (Å²) in [6.07, 6.45) is 0.0503. The lowest BCUT2D eigenvalue weighted by Crippen LogP contribution is -2.05. The van der Waals surface area contributed by atoms with Gasteiger partial charge in [-0.2, -0.15) is 0 Å². The molecule has 2 aromatic carbocycles. The van der Waals surface area contributed by atoms with E-state index in [1.165, 1.54) is 0 Å². The number of aliphatic hydroxyl groups excluding tert-OH is 1. The van der Waals surface area contributed by atoms with Gasteiger partial charge in [-0.3, -0.25) is 0 Å². The van der Waals surface area contributed by atoms with Crippen LogP contribution in [0.3, 0.4) is 0 Å². The predicted octanol–water partition coefficient (Wildman–Crippen LogP) is 3.20. The molecule has 2 rings (SSSR count). The molecular weight excluding hydrogens is 252 g/mol. The smallest absolute Gasteiger partial charge is 0.126 e. The molecule has 20 heavy (non-hydrogen) atoms.